The van der Waals surface area contributed by atoms with Gasteiger partial charge in [-0.25, -0.2) is 0 Å². The van der Waals surface area contributed by atoms with E-state index in [0.717, 1.165) is 43.8 Å². The molecule has 2 saturated heterocycles. The number of benzene rings is 3. The first-order valence-corrected chi connectivity index (χ1v) is 15.1. The van der Waals surface area contributed by atoms with Gasteiger partial charge in [0.05, 0.1) is 31.4 Å². The third-order valence-corrected chi connectivity index (χ3v) is 7.87. The molecule has 43 heavy (non-hydrogen) atoms. The average Bonchev–Trinajstić information content (AvgIpc) is 3.28. The molecule has 0 aliphatic carbocycles. The molecule has 1 atom stereocenters. The minimum Gasteiger partial charge on any atom is -0.507 e. The van der Waals surface area contributed by atoms with Crippen molar-refractivity contribution >= 4 is 17.4 Å². The monoisotopic (exact) mass is 584 g/mol. The molecule has 2 fully saturated rings. The Labute approximate surface area is 253 Å². The average molecular weight is 585 g/mol. The van der Waals surface area contributed by atoms with E-state index in [9.17, 15) is 14.7 Å². The van der Waals surface area contributed by atoms with Crippen LogP contribution < -0.4 is 9.47 Å². The fraction of sp³-hybridized carbons (Fsp3) is 0.371. The zero-order valence-corrected chi connectivity index (χ0v) is 25.0. The summed E-state index contributed by atoms with van der Waals surface area (Å²) in [7, 11) is 0. The lowest BCUT2D eigenvalue weighted by molar-refractivity contribution is -0.140. The zero-order chi connectivity index (χ0) is 30.2. The number of morpholine rings is 1. The maximum atomic E-state index is 13.6. The summed E-state index contributed by atoms with van der Waals surface area (Å²) in [5.74, 6) is 0.485. The molecule has 0 saturated carbocycles. The molecule has 3 aromatic carbocycles. The number of carbonyl (C=O) groups excluding carboxylic acids is 2. The zero-order valence-electron chi connectivity index (χ0n) is 25.0. The summed E-state index contributed by atoms with van der Waals surface area (Å²) in [6.45, 7) is 8.86. The number of rotatable bonds is 12. The molecule has 2 heterocycles. The molecule has 1 amide bonds. The van der Waals surface area contributed by atoms with E-state index in [0.29, 0.717) is 55.4 Å². The Hall–Kier alpha value is -4.14. The van der Waals surface area contributed by atoms with Crippen LogP contribution in [-0.4, -0.2) is 72.6 Å². The van der Waals surface area contributed by atoms with Gasteiger partial charge in [0.1, 0.15) is 23.0 Å². The van der Waals surface area contributed by atoms with E-state index in [2.05, 4.69) is 11.8 Å². The molecule has 2 aliphatic rings. The van der Waals surface area contributed by atoms with Crippen molar-refractivity contribution in [3.63, 3.8) is 0 Å². The molecule has 2 aliphatic heterocycles. The highest BCUT2D eigenvalue weighted by atomic mass is 16.5. The Morgan fingerprint density at radius 3 is 2.44 bits per heavy atom. The predicted octanol–water partition coefficient (Wildman–Crippen LogP) is 6.11. The second kappa shape index (κ2) is 14.4. The Kier molecular flexibility index (Phi) is 10.1. The molecule has 0 aromatic heterocycles. The van der Waals surface area contributed by atoms with Crippen molar-refractivity contribution in [2.45, 2.75) is 39.2 Å². The molecule has 1 N–H and O–H groups in total. The molecule has 0 spiro atoms. The van der Waals surface area contributed by atoms with Crippen LogP contribution in [0.2, 0.25) is 0 Å². The third-order valence-electron chi connectivity index (χ3n) is 7.87. The predicted molar refractivity (Wildman–Crippen MR) is 165 cm³/mol. The van der Waals surface area contributed by atoms with Gasteiger partial charge in [-0.1, -0.05) is 43.7 Å². The van der Waals surface area contributed by atoms with Gasteiger partial charge >= 0.3 is 0 Å². The summed E-state index contributed by atoms with van der Waals surface area (Å²) in [4.78, 5) is 31.0. The van der Waals surface area contributed by atoms with Gasteiger partial charge in [-0.05, 0) is 73.4 Å². The lowest BCUT2D eigenvalue weighted by Gasteiger charge is -2.29. The Morgan fingerprint density at radius 1 is 0.930 bits per heavy atom. The lowest BCUT2D eigenvalue weighted by Crippen LogP contribution is -2.38. The van der Waals surface area contributed by atoms with Crippen LogP contribution in [0.5, 0.6) is 17.2 Å². The maximum Gasteiger partial charge on any atom is 0.295 e. The molecule has 5 rings (SSSR count). The smallest absolute Gasteiger partial charge is 0.295 e. The van der Waals surface area contributed by atoms with Crippen molar-refractivity contribution in [1.82, 2.24) is 9.80 Å². The summed E-state index contributed by atoms with van der Waals surface area (Å²) in [6, 6.07) is 21.4. The van der Waals surface area contributed by atoms with E-state index in [1.165, 1.54) is 0 Å². The minimum absolute atomic E-state index is 0.0762. The molecule has 8 heteroatoms. The van der Waals surface area contributed by atoms with Gasteiger partial charge < -0.3 is 24.2 Å². The second-order valence-electron chi connectivity index (χ2n) is 11.0. The highest BCUT2D eigenvalue weighted by Crippen LogP contribution is 2.41. The Bertz CT molecular complexity index is 1450. The van der Waals surface area contributed by atoms with Crippen LogP contribution in [0.3, 0.4) is 0 Å². The molecule has 226 valence electrons. The van der Waals surface area contributed by atoms with Gasteiger partial charge in [-0.3, -0.25) is 14.5 Å². The highest BCUT2D eigenvalue weighted by Gasteiger charge is 2.46. The largest absolute Gasteiger partial charge is 0.507 e. The van der Waals surface area contributed by atoms with Crippen LogP contribution in [0.4, 0.5) is 0 Å². The van der Waals surface area contributed by atoms with E-state index >= 15 is 0 Å². The Morgan fingerprint density at radius 2 is 1.70 bits per heavy atom. The van der Waals surface area contributed by atoms with E-state index in [4.69, 9.17) is 14.2 Å². The van der Waals surface area contributed by atoms with Crippen LogP contribution in [0.15, 0.2) is 78.4 Å². The van der Waals surface area contributed by atoms with Crippen molar-refractivity contribution in [2.75, 3.05) is 46.0 Å². The molecular formula is C35H40N2O6. The first kappa shape index (κ1) is 30.3. The van der Waals surface area contributed by atoms with Crippen molar-refractivity contribution < 1.29 is 28.9 Å². The number of Topliss-reactive ketones (excluding diaryl/α,β-unsaturated/α-hetero) is 1. The highest BCUT2D eigenvalue weighted by molar-refractivity contribution is 6.46. The van der Waals surface area contributed by atoms with Crippen molar-refractivity contribution in [2.24, 2.45) is 0 Å². The number of ether oxygens (including phenoxy) is 3. The summed E-state index contributed by atoms with van der Waals surface area (Å²) in [5.41, 5.74) is 2.08. The number of aliphatic hydroxyl groups is 1. The van der Waals surface area contributed by atoms with E-state index in [1.54, 1.807) is 17.0 Å². The fourth-order valence-corrected chi connectivity index (χ4v) is 5.56. The second-order valence-corrected chi connectivity index (χ2v) is 11.0. The molecule has 0 unspecified atom stereocenters. The first-order valence-electron chi connectivity index (χ1n) is 15.1. The summed E-state index contributed by atoms with van der Waals surface area (Å²) in [5, 5.41) is 11.6. The van der Waals surface area contributed by atoms with Crippen molar-refractivity contribution in [3.8, 4) is 17.2 Å². The van der Waals surface area contributed by atoms with Crippen LogP contribution in [0.25, 0.3) is 5.76 Å². The lowest BCUT2D eigenvalue weighted by atomic mass is 9.94. The SMILES string of the molecule is CCCCOc1ccc(/C(O)=C2\C(=O)C(=O)N(CCCN3CCOCC3)[C@@H]2c2cccc(Oc3ccccc3)c2)cc1C. The number of aryl methyl sites for hydroxylation is 1. The van der Waals surface area contributed by atoms with Crippen LogP contribution in [0, 0.1) is 6.92 Å². The van der Waals surface area contributed by atoms with Crippen molar-refractivity contribution in [1.29, 1.82) is 0 Å². The fourth-order valence-electron chi connectivity index (χ4n) is 5.56. The minimum atomic E-state index is -0.759. The summed E-state index contributed by atoms with van der Waals surface area (Å²) in [6.07, 6.45) is 2.66. The summed E-state index contributed by atoms with van der Waals surface area (Å²) < 4.78 is 17.4. The van der Waals surface area contributed by atoms with Gasteiger partial charge in [-0.2, -0.15) is 0 Å². The molecule has 0 radical (unpaired) electrons. The van der Waals surface area contributed by atoms with E-state index in [1.807, 2.05) is 67.6 Å². The molecular weight excluding hydrogens is 544 g/mol. The number of para-hydroxylation sites is 1. The first-order chi connectivity index (χ1) is 21.0. The quantitative estimate of drug-likeness (QED) is 0.119. The number of hydrogen-bond acceptors (Lipinski definition) is 7. The van der Waals surface area contributed by atoms with Gasteiger partial charge in [0.15, 0.2) is 0 Å². The number of carbonyl (C=O) groups is 2. The number of aliphatic hydroxyl groups excluding tert-OH is 1. The van der Waals surface area contributed by atoms with E-state index in [-0.39, 0.29) is 11.3 Å². The number of ketones is 1. The van der Waals surface area contributed by atoms with Crippen molar-refractivity contribution in [3.05, 3.63) is 95.1 Å². The molecule has 8 nitrogen and oxygen atoms in total. The summed E-state index contributed by atoms with van der Waals surface area (Å²) >= 11 is 0. The number of hydrogen-bond donors (Lipinski definition) is 1. The maximum absolute atomic E-state index is 13.6. The topological polar surface area (TPSA) is 88.5 Å². The van der Waals surface area contributed by atoms with E-state index < -0.39 is 17.7 Å². The van der Waals surface area contributed by atoms with Gasteiger partial charge in [-0.15, -0.1) is 0 Å². The number of nitrogens with zero attached hydrogens (tertiary/aromatic N) is 2. The van der Waals surface area contributed by atoms with Crippen LogP contribution in [-0.2, 0) is 14.3 Å². The molecule has 3 aromatic rings. The van der Waals surface area contributed by atoms with Gasteiger partial charge in [0.2, 0.25) is 0 Å². The third kappa shape index (κ3) is 7.27. The normalized spacial score (nSPS) is 18.7. The van der Waals surface area contributed by atoms with Crippen LogP contribution >= 0.6 is 0 Å². The van der Waals surface area contributed by atoms with Gasteiger partial charge in [0.25, 0.3) is 11.7 Å². The number of unbranched alkanes of at least 4 members (excludes halogenated alkanes) is 1. The van der Waals surface area contributed by atoms with Crippen LogP contribution in [0.1, 0.15) is 48.9 Å². The molecule has 0 bridgehead atoms. The standard InChI is InChI=1S/C35H40N2O6/c1-3-4-20-42-30-15-14-27(23-25(30)2)33(38)31-32(26-10-8-13-29(24-26)43-28-11-6-5-7-12-28)37(35(40)34(31)39)17-9-16-36-18-21-41-22-19-36/h5-8,10-15,23-24,32,38H,3-4,9,16-22H2,1-2H3/b33-31+/t32-/m1/s1. The Balaban J connectivity index is 1.48. The number of amides is 1. The number of likely N-dealkylation sites (tertiary alicyclic amines) is 1. The van der Waals surface area contributed by atoms with Gasteiger partial charge in [0, 0.05) is 31.7 Å².